The van der Waals surface area contributed by atoms with E-state index in [2.05, 4.69) is 4.74 Å². The van der Waals surface area contributed by atoms with Gasteiger partial charge in [0.05, 0.1) is 18.2 Å². The number of methoxy groups -OCH3 is 1. The Labute approximate surface area is 148 Å². The fourth-order valence-electron chi connectivity index (χ4n) is 3.04. The molecule has 0 radical (unpaired) electrons. The summed E-state index contributed by atoms with van der Waals surface area (Å²) < 4.78 is 43.4. The van der Waals surface area contributed by atoms with E-state index in [0.717, 1.165) is 12.1 Å². The molecular formula is C19H16F3NO3. The third-order valence-corrected chi connectivity index (χ3v) is 4.30. The maximum Gasteiger partial charge on any atom is 0.416 e. The Morgan fingerprint density at radius 2 is 1.81 bits per heavy atom. The molecule has 1 amide bonds. The minimum Gasteiger partial charge on any atom is -0.465 e. The number of carbonyl (C=O) groups excluding carboxylic acids is 2. The van der Waals surface area contributed by atoms with Crippen LogP contribution in [0.4, 0.5) is 18.9 Å². The molecule has 2 aromatic carbocycles. The average Bonchev–Trinajstić information content (AvgIpc) is 2.65. The molecule has 0 saturated carbocycles. The third kappa shape index (κ3) is 3.42. The van der Waals surface area contributed by atoms with E-state index in [9.17, 15) is 22.8 Å². The van der Waals surface area contributed by atoms with Gasteiger partial charge in [-0.05, 0) is 54.8 Å². The van der Waals surface area contributed by atoms with Crippen LogP contribution in [-0.2, 0) is 17.3 Å². The van der Waals surface area contributed by atoms with Crippen molar-refractivity contribution in [3.8, 4) is 0 Å². The van der Waals surface area contributed by atoms with E-state index in [1.807, 2.05) is 0 Å². The van der Waals surface area contributed by atoms with Crippen LogP contribution in [-0.4, -0.2) is 25.5 Å². The monoisotopic (exact) mass is 363 g/mol. The minimum atomic E-state index is -4.42. The normalized spacial score (nSPS) is 13.9. The summed E-state index contributed by atoms with van der Waals surface area (Å²) in [6.07, 6.45) is -3.38. The Morgan fingerprint density at radius 3 is 2.50 bits per heavy atom. The molecule has 136 valence electrons. The number of ether oxygens (including phenoxy) is 1. The van der Waals surface area contributed by atoms with Gasteiger partial charge in [-0.15, -0.1) is 0 Å². The topological polar surface area (TPSA) is 46.6 Å². The molecule has 3 rings (SSSR count). The van der Waals surface area contributed by atoms with E-state index in [0.29, 0.717) is 30.6 Å². The number of hydrogen-bond donors (Lipinski definition) is 0. The van der Waals surface area contributed by atoms with E-state index >= 15 is 0 Å². The summed E-state index contributed by atoms with van der Waals surface area (Å²) >= 11 is 0. The number of alkyl halides is 3. The SMILES string of the molecule is COC(=O)c1cccc(C(=O)N2CCCc3cc(C(F)(F)F)ccc32)c1. The van der Waals surface area contributed by atoms with Gasteiger partial charge in [0.15, 0.2) is 0 Å². The van der Waals surface area contributed by atoms with Gasteiger partial charge in [-0.3, -0.25) is 4.79 Å². The molecule has 0 atom stereocenters. The highest BCUT2D eigenvalue weighted by Gasteiger charge is 2.32. The standard InChI is InChI=1S/C19H16F3NO3/c1-26-18(25)14-5-2-4-13(10-14)17(24)23-9-3-6-12-11-15(19(20,21)22)7-8-16(12)23/h2,4-5,7-8,10-11H,3,6,9H2,1H3. The zero-order valence-corrected chi connectivity index (χ0v) is 14.0. The predicted octanol–water partition coefficient (Wildman–Crippen LogP) is 4.09. The number of carbonyl (C=O) groups is 2. The first-order chi connectivity index (χ1) is 12.3. The van der Waals surface area contributed by atoms with Crippen molar-refractivity contribution in [2.75, 3.05) is 18.6 Å². The van der Waals surface area contributed by atoms with Gasteiger partial charge < -0.3 is 9.64 Å². The Balaban J connectivity index is 1.94. The molecule has 1 aliphatic heterocycles. The molecular weight excluding hydrogens is 347 g/mol. The largest absolute Gasteiger partial charge is 0.465 e. The maximum absolute atomic E-state index is 12.9. The smallest absolute Gasteiger partial charge is 0.416 e. The summed E-state index contributed by atoms with van der Waals surface area (Å²) in [6.45, 7) is 0.402. The number of halogens is 3. The van der Waals surface area contributed by atoms with Crippen LogP contribution < -0.4 is 4.90 Å². The number of aryl methyl sites for hydroxylation is 1. The fraction of sp³-hybridized carbons (Fsp3) is 0.263. The van der Waals surface area contributed by atoms with Gasteiger partial charge in [-0.25, -0.2) is 4.79 Å². The number of nitrogens with zero attached hydrogens (tertiary/aromatic N) is 1. The quantitative estimate of drug-likeness (QED) is 0.755. The molecule has 0 fully saturated rings. The predicted molar refractivity (Wildman–Crippen MR) is 89.2 cm³/mol. The Hall–Kier alpha value is -2.83. The molecule has 0 aromatic heterocycles. The summed E-state index contributed by atoms with van der Waals surface area (Å²) in [6, 6.07) is 9.49. The first kappa shape index (κ1) is 18.0. The molecule has 0 bridgehead atoms. The van der Waals surface area contributed by atoms with Gasteiger partial charge in [-0.2, -0.15) is 13.2 Å². The maximum atomic E-state index is 12.9. The summed E-state index contributed by atoms with van der Waals surface area (Å²) in [4.78, 5) is 26.0. The summed E-state index contributed by atoms with van der Waals surface area (Å²) in [5.74, 6) is -0.926. The second kappa shape index (κ2) is 6.82. The first-order valence-electron chi connectivity index (χ1n) is 8.01. The highest BCUT2D eigenvalue weighted by Crippen LogP contribution is 2.35. The van der Waals surface area contributed by atoms with Crippen LogP contribution in [0.25, 0.3) is 0 Å². The summed E-state index contributed by atoms with van der Waals surface area (Å²) in [5, 5.41) is 0. The first-order valence-corrected chi connectivity index (χ1v) is 8.01. The molecule has 0 unspecified atom stereocenters. The van der Waals surface area contributed by atoms with Crippen LogP contribution >= 0.6 is 0 Å². The van der Waals surface area contributed by atoms with E-state index in [4.69, 9.17) is 0 Å². The van der Waals surface area contributed by atoms with Crippen LogP contribution in [0, 0.1) is 0 Å². The third-order valence-electron chi connectivity index (χ3n) is 4.30. The van der Waals surface area contributed by atoms with Crippen LogP contribution in [0.2, 0.25) is 0 Å². The van der Waals surface area contributed by atoms with Gasteiger partial charge in [0, 0.05) is 17.8 Å². The average molecular weight is 363 g/mol. The second-order valence-corrected chi connectivity index (χ2v) is 5.97. The van der Waals surface area contributed by atoms with Crippen molar-refractivity contribution in [2.24, 2.45) is 0 Å². The Bertz CT molecular complexity index is 861. The van der Waals surface area contributed by atoms with E-state index in [-0.39, 0.29) is 17.0 Å². The van der Waals surface area contributed by atoms with Crippen LogP contribution in [0.3, 0.4) is 0 Å². The Morgan fingerprint density at radius 1 is 1.08 bits per heavy atom. The number of benzene rings is 2. The Kier molecular flexibility index (Phi) is 4.71. The lowest BCUT2D eigenvalue weighted by Gasteiger charge is -2.30. The van der Waals surface area contributed by atoms with Crippen LogP contribution in [0.15, 0.2) is 42.5 Å². The zero-order valence-electron chi connectivity index (χ0n) is 14.0. The van der Waals surface area contributed by atoms with Gasteiger partial charge in [0.2, 0.25) is 0 Å². The molecule has 1 aliphatic rings. The minimum absolute atomic E-state index is 0.239. The van der Waals surface area contributed by atoms with Crippen LogP contribution in [0.1, 0.15) is 38.3 Å². The molecule has 0 N–H and O–H groups in total. The van der Waals surface area contributed by atoms with Gasteiger partial charge in [0.1, 0.15) is 0 Å². The van der Waals surface area contributed by atoms with Crippen molar-refractivity contribution < 1.29 is 27.5 Å². The molecule has 1 heterocycles. The lowest BCUT2D eigenvalue weighted by atomic mass is 9.98. The number of rotatable bonds is 2. The van der Waals surface area contributed by atoms with Crippen molar-refractivity contribution in [1.82, 2.24) is 0 Å². The van der Waals surface area contributed by atoms with Crippen LogP contribution in [0.5, 0.6) is 0 Å². The highest BCUT2D eigenvalue weighted by molar-refractivity contribution is 6.07. The molecule has 0 aliphatic carbocycles. The molecule has 26 heavy (non-hydrogen) atoms. The van der Waals surface area contributed by atoms with Gasteiger partial charge in [-0.1, -0.05) is 6.07 Å². The van der Waals surface area contributed by atoms with Crippen molar-refractivity contribution in [1.29, 1.82) is 0 Å². The number of fused-ring (bicyclic) bond motifs is 1. The van der Waals surface area contributed by atoms with Gasteiger partial charge in [0.25, 0.3) is 5.91 Å². The number of hydrogen-bond acceptors (Lipinski definition) is 3. The van der Waals surface area contributed by atoms with Crippen molar-refractivity contribution >= 4 is 17.6 Å². The van der Waals surface area contributed by atoms with Crippen molar-refractivity contribution in [2.45, 2.75) is 19.0 Å². The lowest BCUT2D eigenvalue weighted by molar-refractivity contribution is -0.137. The second-order valence-electron chi connectivity index (χ2n) is 5.97. The highest BCUT2D eigenvalue weighted by atomic mass is 19.4. The zero-order chi connectivity index (χ0) is 18.9. The van der Waals surface area contributed by atoms with Crippen molar-refractivity contribution in [3.05, 3.63) is 64.7 Å². The molecule has 4 nitrogen and oxygen atoms in total. The van der Waals surface area contributed by atoms with E-state index in [1.54, 1.807) is 12.1 Å². The van der Waals surface area contributed by atoms with E-state index < -0.39 is 17.7 Å². The van der Waals surface area contributed by atoms with Gasteiger partial charge >= 0.3 is 12.1 Å². The fourth-order valence-corrected chi connectivity index (χ4v) is 3.04. The number of esters is 1. The van der Waals surface area contributed by atoms with Crippen molar-refractivity contribution in [3.63, 3.8) is 0 Å². The molecule has 0 saturated heterocycles. The lowest BCUT2D eigenvalue weighted by Crippen LogP contribution is -2.35. The van der Waals surface area contributed by atoms with E-state index in [1.165, 1.54) is 30.2 Å². The number of amides is 1. The molecule has 0 spiro atoms. The number of anilines is 1. The molecule has 2 aromatic rings. The summed E-state index contributed by atoms with van der Waals surface area (Å²) in [5.41, 5.74) is 0.753. The molecule has 7 heteroatoms. The summed E-state index contributed by atoms with van der Waals surface area (Å²) in [7, 11) is 1.25.